The van der Waals surface area contributed by atoms with E-state index in [1.807, 2.05) is 0 Å². The van der Waals surface area contributed by atoms with Crippen molar-refractivity contribution in [2.45, 2.75) is 12.7 Å². The average molecular weight is 272 g/mol. The third-order valence-corrected chi connectivity index (χ3v) is 1.87. The minimum absolute atomic E-state index is 0.305. The summed E-state index contributed by atoms with van der Waals surface area (Å²) in [6, 6.07) is 1.12. The fourth-order valence-corrected chi connectivity index (χ4v) is 1.44. The lowest BCUT2D eigenvalue weighted by Gasteiger charge is -2.08. The standard InChI is InChI=1S/C7H5BrF3NO2/c8-4-1-5(6(13)14)12(2-4)3-7(9,10)11/h1-2H,3H2,(H,13,14). The van der Waals surface area contributed by atoms with Crippen LogP contribution in [0.2, 0.25) is 0 Å². The fourth-order valence-electron chi connectivity index (χ4n) is 0.978. The summed E-state index contributed by atoms with van der Waals surface area (Å²) >= 11 is 2.91. The number of aromatic carboxylic acids is 1. The van der Waals surface area contributed by atoms with Crippen molar-refractivity contribution in [3.8, 4) is 0 Å². The maximum Gasteiger partial charge on any atom is 0.406 e. The number of alkyl halides is 3. The Morgan fingerprint density at radius 2 is 2.14 bits per heavy atom. The van der Waals surface area contributed by atoms with E-state index in [0.29, 0.717) is 9.04 Å². The zero-order chi connectivity index (χ0) is 10.9. The molecule has 14 heavy (non-hydrogen) atoms. The molecule has 0 bridgehead atoms. The zero-order valence-electron chi connectivity index (χ0n) is 6.68. The lowest BCUT2D eigenvalue weighted by atomic mass is 10.4. The molecule has 0 saturated heterocycles. The van der Waals surface area contributed by atoms with Gasteiger partial charge < -0.3 is 9.67 Å². The molecule has 0 saturated carbocycles. The van der Waals surface area contributed by atoms with Gasteiger partial charge in [-0.2, -0.15) is 13.2 Å². The van der Waals surface area contributed by atoms with E-state index < -0.39 is 24.4 Å². The highest BCUT2D eigenvalue weighted by molar-refractivity contribution is 9.10. The highest BCUT2D eigenvalue weighted by atomic mass is 79.9. The SMILES string of the molecule is O=C(O)c1cc(Br)cn1CC(F)(F)F. The molecule has 0 atom stereocenters. The van der Waals surface area contributed by atoms with Crippen LogP contribution < -0.4 is 0 Å². The Bertz CT molecular complexity index is 358. The van der Waals surface area contributed by atoms with Gasteiger partial charge >= 0.3 is 12.1 Å². The second-order valence-electron chi connectivity index (χ2n) is 2.59. The van der Waals surface area contributed by atoms with E-state index in [1.165, 1.54) is 0 Å². The first-order chi connectivity index (χ1) is 6.29. The summed E-state index contributed by atoms with van der Waals surface area (Å²) in [6.45, 7) is -1.31. The molecule has 0 spiro atoms. The number of carboxylic acid groups (broad SMARTS) is 1. The molecule has 0 fully saturated rings. The Balaban J connectivity index is 3.02. The first kappa shape index (κ1) is 11.1. The molecule has 0 amide bonds. The van der Waals surface area contributed by atoms with Crippen LogP contribution in [0.15, 0.2) is 16.7 Å². The molecule has 3 nitrogen and oxygen atoms in total. The predicted molar refractivity (Wildman–Crippen MR) is 45.1 cm³/mol. The lowest BCUT2D eigenvalue weighted by molar-refractivity contribution is -0.140. The summed E-state index contributed by atoms with van der Waals surface area (Å²) in [4.78, 5) is 10.5. The molecule has 1 N–H and O–H groups in total. The van der Waals surface area contributed by atoms with Gasteiger partial charge in [0.15, 0.2) is 0 Å². The van der Waals surface area contributed by atoms with Crippen LogP contribution in [0.5, 0.6) is 0 Å². The van der Waals surface area contributed by atoms with Gasteiger partial charge in [0.2, 0.25) is 0 Å². The van der Waals surface area contributed by atoms with Gasteiger partial charge in [0.05, 0.1) is 0 Å². The van der Waals surface area contributed by atoms with E-state index in [9.17, 15) is 18.0 Å². The lowest BCUT2D eigenvalue weighted by Crippen LogP contribution is -2.20. The Morgan fingerprint density at radius 3 is 2.57 bits per heavy atom. The molecular weight excluding hydrogens is 267 g/mol. The van der Waals surface area contributed by atoms with Crippen molar-refractivity contribution >= 4 is 21.9 Å². The largest absolute Gasteiger partial charge is 0.477 e. The smallest absolute Gasteiger partial charge is 0.406 e. The summed E-state index contributed by atoms with van der Waals surface area (Å²) in [6.07, 6.45) is -3.35. The average Bonchev–Trinajstić information content (AvgIpc) is 2.27. The summed E-state index contributed by atoms with van der Waals surface area (Å²) in [7, 11) is 0. The van der Waals surface area contributed by atoms with Crippen LogP contribution in [0.1, 0.15) is 10.5 Å². The van der Waals surface area contributed by atoms with Crippen LogP contribution in [0.3, 0.4) is 0 Å². The van der Waals surface area contributed by atoms with Crippen LogP contribution in [0.4, 0.5) is 13.2 Å². The predicted octanol–water partition coefficient (Wildman–Crippen LogP) is 2.51. The van der Waals surface area contributed by atoms with Gasteiger partial charge in [-0.05, 0) is 22.0 Å². The minimum atomic E-state index is -4.43. The quantitative estimate of drug-likeness (QED) is 0.898. The molecule has 1 aromatic heterocycles. The summed E-state index contributed by atoms with van der Waals surface area (Å²) in [5.41, 5.74) is -0.394. The van der Waals surface area contributed by atoms with E-state index in [2.05, 4.69) is 15.9 Å². The van der Waals surface area contributed by atoms with E-state index in [0.717, 1.165) is 12.3 Å². The topological polar surface area (TPSA) is 42.2 Å². The van der Waals surface area contributed by atoms with Gasteiger partial charge in [0.25, 0.3) is 0 Å². The molecule has 78 valence electrons. The number of halogens is 4. The number of hydrogen-bond acceptors (Lipinski definition) is 1. The van der Waals surface area contributed by atoms with E-state index in [1.54, 1.807) is 0 Å². The molecule has 0 unspecified atom stereocenters. The summed E-state index contributed by atoms with van der Waals surface area (Å²) < 4.78 is 36.8. The molecule has 0 aliphatic rings. The van der Waals surface area contributed by atoms with Crippen LogP contribution in [-0.2, 0) is 6.54 Å². The van der Waals surface area contributed by atoms with Crippen LogP contribution >= 0.6 is 15.9 Å². The van der Waals surface area contributed by atoms with Gasteiger partial charge in [0.1, 0.15) is 12.2 Å². The fraction of sp³-hybridized carbons (Fsp3) is 0.286. The monoisotopic (exact) mass is 271 g/mol. The van der Waals surface area contributed by atoms with Crippen LogP contribution in [0.25, 0.3) is 0 Å². The van der Waals surface area contributed by atoms with Crippen molar-refractivity contribution in [3.63, 3.8) is 0 Å². The van der Waals surface area contributed by atoms with Crippen molar-refractivity contribution in [2.75, 3.05) is 0 Å². The first-order valence-corrected chi connectivity index (χ1v) is 4.24. The highest BCUT2D eigenvalue weighted by Crippen LogP contribution is 2.22. The normalized spacial score (nSPS) is 11.7. The third kappa shape index (κ3) is 2.76. The number of hydrogen-bond donors (Lipinski definition) is 1. The molecule has 0 aromatic carbocycles. The molecule has 1 aromatic rings. The van der Waals surface area contributed by atoms with Crippen molar-refractivity contribution in [1.29, 1.82) is 0 Å². The maximum atomic E-state index is 12.0. The van der Waals surface area contributed by atoms with Crippen molar-refractivity contribution in [1.82, 2.24) is 4.57 Å². The minimum Gasteiger partial charge on any atom is -0.477 e. The Morgan fingerprint density at radius 1 is 1.57 bits per heavy atom. The Hall–Kier alpha value is -0.980. The zero-order valence-corrected chi connectivity index (χ0v) is 8.26. The Kier molecular flexibility index (Phi) is 2.89. The molecular formula is C7H5BrF3NO2. The number of carboxylic acids is 1. The van der Waals surface area contributed by atoms with Crippen LogP contribution in [0, 0.1) is 0 Å². The second kappa shape index (κ2) is 3.64. The second-order valence-corrected chi connectivity index (χ2v) is 3.51. The maximum absolute atomic E-state index is 12.0. The van der Waals surface area contributed by atoms with Gasteiger partial charge in [-0.3, -0.25) is 0 Å². The number of nitrogens with zero attached hydrogens (tertiary/aromatic N) is 1. The van der Waals surface area contributed by atoms with E-state index in [4.69, 9.17) is 5.11 Å². The first-order valence-electron chi connectivity index (χ1n) is 3.45. The molecule has 1 rings (SSSR count). The van der Waals surface area contributed by atoms with Gasteiger partial charge in [-0.25, -0.2) is 4.79 Å². The van der Waals surface area contributed by atoms with Crippen molar-refractivity contribution in [2.24, 2.45) is 0 Å². The molecule has 0 radical (unpaired) electrons. The summed E-state index contributed by atoms with van der Waals surface area (Å²) in [5.74, 6) is -1.39. The molecule has 0 aliphatic heterocycles. The van der Waals surface area contributed by atoms with Crippen molar-refractivity contribution < 1.29 is 23.1 Å². The number of aromatic nitrogens is 1. The molecule has 7 heteroatoms. The van der Waals surface area contributed by atoms with Crippen molar-refractivity contribution in [3.05, 3.63) is 22.4 Å². The van der Waals surface area contributed by atoms with Gasteiger partial charge in [-0.15, -0.1) is 0 Å². The summed E-state index contributed by atoms with van der Waals surface area (Å²) in [5, 5.41) is 8.57. The third-order valence-electron chi connectivity index (χ3n) is 1.43. The highest BCUT2D eigenvalue weighted by Gasteiger charge is 2.29. The van der Waals surface area contributed by atoms with Gasteiger partial charge in [-0.1, -0.05) is 0 Å². The van der Waals surface area contributed by atoms with E-state index >= 15 is 0 Å². The Labute approximate surface area is 85.3 Å². The van der Waals surface area contributed by atoms with Crippen LogP contribution in [-0.4, -0.2) is 21.8 Å². The number of rotatable bonds is 2. The number of carbonyl (C=O) groups is 1. The van der Waals surface area contributed by atoms with Gasteiger partial charge in [0, 0.05) is 10.7 Å². The molecule has 0 aliphatic carbocycles. The molecule has 1 heterocycles. The van der Waals surface area contributed by atoms with E-state index in [-0.39, 0.29) is 0 Å².